The van der Waals surface area contributed by atoms with E-state index in [1.54, 1.807) is 7.05 Å². The topological polar surface area (TPSA) is 99.7 Å². The highest BCUT2D eigenvalue weighted by molar-refractivity contribution is 14.0. The van der Waals surface area contributed by atoms with E-state index in [0.717, 1.165) is 19.1 Å². The lowest BCUT2D eigenvalue weighted by atomic mass is 10.1. The molecule has 158 valence electrons. The van der Waals surface area contributed by atoms with Crippen LogP contribution in [0.5, 0.6) is 0 Å². The number of rotatable bonds is 9. The van der Waals surface area contributed by atoms with E-state index in [9.17, 15) is 17.6 Å². The molecule has 0 atom stereocenters. The van der Waals surface area contributed by atoms with Crippen molar-refractivity contribution in [1.82, 2.24) is 16.0 Å². The van der Waals surface area contributed by atoms with Crippen molar-refractivity contribution in [2.75, 3.05) is 19.8 Å². The Kier molecular flexibility index (Phi) is 10.1. The molecule has 0 spiro atoms. The van der Waals surface area contributed by atoms with E-state index in [-0.39, 0.29) is 42.2 Å². The van der Waals surface area contributed by atoms with Gasteiger partial charge < -0.3 is 16.0 Å². The number of carbonyl (C=O) groups excluding carboxylic acids is 1. The molecule has 0 aliphatic heterocycles. The van der Waals surface area contributed by atoms with Gasteiger partial charge in [0.1, 0.15) is 5.82 Å². The van der Waals surface area contributed by atoms with Gasteiger partial charge in [-0.05, 0) is 42.5 Å². The van der Waals surface area contributed by atoms with Gasteiger partial charge in [-0.15, -0.1) is 24.0 Å². The summed E-state index contributed by atoms with van der Waals surface area (Å²) in [6, 6.07) is 4.43. The highest BCUT2D eigenvalue weighted by Gasteiger charge is 2.22. The SMILES string of the molecule is CN=C(NCCCC(=O)NC1CC1)NCc1cc(F)ccc1CS(C)(=O)=O.I. The largest absolute Gasteiger partial charge is 0.356 e. The molecule has 1 aromatic carbocycles. The Balaban J connectivity index is 0.00000392. The average molecular weight is 526 g/mol. The van der Waals surface area contributed by atoms with Crippen LogP contribution in [0.4, 0.5) is 4.39 Å². The first-order chi connectivity index (χ1) is 12.8. The summed E-state index contributed by atoms with van der Waals surface area (Å²) in [5.74, 6) is 0.000141. The summed E-state index contributed by atoms with van der Waals surface area (Å²) < 4.78 is 36.6. The summed E-state index contributed by atoms with van der Waals surface area (Å²) in [6.45, 7) is 0.807. The van der Waals surface area contributed by atoms with Gasteiger partial charge in [0, 0.05) is 38.9 Å². The summed E-state index contributed by atoms with van der Waals surface area (Å²) in [5, 5.41) is 9.08. The number of sulfone groups is 1. The molecule has 0 unspecified atom stereocenters. The van der Waals surface area contributed by atoms with Crippen molar-refractivity contribution >= 4 is 45.7 Å². The minimum Gasteiger partial charge on any atom is -0.356 e. The quantitative estimate of drug-likeness (QED) is 0.197. The molecule has 10 heteroatoms. The van der Waals surface area contributed by atoms with Gasteiger partial charge in [0.2, 0.25) is 5.91 Å². The van der Waals surface area contributed by atoms with Crippen LogP contribution in [0.3, 0.4) is 0 Å². The van der Waals surface area contributed by atoms with Gasteiger partial charge in [0.05, 0.1) is 5.75 Å². The molecule has 1 amide bonds. The predicted octanol–water partition coefficient (Wildman–Crippen LogP) is 1.71. The van der Waals surface area contributed by atoms with Crippen molar-refractivity contribution in [3.8, 4) is 0 Å². The molecule has 0 heterocycles. The second-order valence-corrected chi connectivity index (χ2v) is 8.92. The van der Waals surface area contributed by atoms with Crippen LogP contribution in [0.2, 0.25) is 0 Å². The Hall–Kier alpha value is -1.43. The molecule has 0 radical (unpaired) electrons. The molecule has 1 aliphatic rings. The maximum Gasteiger partial charge on any atom is 0.220 e. The van der Waals surface area contributed by atoms with Crippen LogP contribution in [-0.2, 0) is 26.9 Å². The number of nitrogens with zero attached hydrogens (tertiary/aromatic N) is 1. The van der Waals surface area contributed by atoms with E-state index in [1.165, 1.54) is 18.2 Å². The van der Waals surface area contributed by atoms with E-state index in [2.05, 4.69) is 20.9 Å². The van der Waals surface area contributed by atoms with Crippen LogP contribution < -0.4 is 16.0 Å². The molecule has 1 aliphatic carbocycles. The van der Waals surface area contributed by atoms with E-state index < -0.39 is 15.7 Å². The van der Waals surface area contributed by atoms with Gasteiger partial charge in [-0.2, -0.15) is 0 Å². The van der Waals surface area contributed by atoms with E-state index in [1.807, 2.05) is 0 Å². The summed E-state index contributed by atoms with van der Waals surface area (Å²) in [4.78, 5) is 15.7. The molecule has 1 fully saturated rings. The fourth-order valence-electron chi connectivity index (χ4n) is 2.57. The maximum absolute atomic E-state index is 13.5. The molecule has 0 bridgehead atoms. The first-order valence-electron chi connectivity index (χ1n) is 8.96. The normalized spacial score (nSPS) is 14.2. The number of hydrogen-bond acceptors (Lipinski definition) is 4. The van der Waals surface area contributed by atoms with Crippen LogP contribution in [0.1, 0.15) is 36.8 Å². The highest BCUT2D eigenvalue weighted by Crippen LogP contribution is 2.18. The molecular formula is C18H28FIN4O3S. The number of nitrogens with one attached hydrogen (secondary N) is 3. The lowest BCUT2D eigenvalue weighted by Crippen LogP contribution is -2.38. The van der Waals surface area contributed by atoms with Crippen molar-refractivity contribution in [3.63, 3.8) is 0 Å². The van der Waals surface area contributed by atoms with Gasteiger partial charge in [0.15, 0.2) is 15.8 Å². The molecule has 1 saturated carbocycles. The molecule has 7 nitrogen and oxygen atoms in total. The minimum atomic E-state index is -3.22. The van der Waals surface area contributed by atoms with Crippen LogP contribution in [0.25, 0.3) is 0 Å². The van der Waals surface area contributed by atoms with Crippen molar-refractivity contribution in [2.45, 2.75) is 44.0 Å². The Bertz CT molecular complexity index is 798. The second-order valence-electron chi connectivity index (χ2n) is 6.78. The number of aliphatic imine (C=N–C) groups is 1. The molecule has 2 rings (SSSR count). The monoisotopic (exact) mass is 526 g/mol. The summed E-state index contributed by atoms with van der Waals surface area (Å²) >= 11 is 0. The fraction of sp³-hybridized carbons (Fsp3) is 0.556. The van der Waals surface area contributed by atoms with Crippen molar-refractivity contribution in [1.29, 1.82) is 0 Å². The third-order valence-corrected chi connectivity index (χ3v) is 4.91. The fourth-order valence-corrected chi connectivity index (χ4v) is 3.41. The summed E-state index contributed by atoms with van der Waals surface area (Å²) in [5.41, 5.74) is 1.12. The zero-order valence-electron chi connectivity index (χ0n) is 16.1. The molecule has 0 aromatic heterocycles. The van der Waals surface area contributed by atoms with Gasteiger partial charge in [-0.3, -0.25) is 9.79 Å². The third kappa shape index (κ3) is 9.67. The number of carbonyl (C=O) groups is 1. The van der Waals surface area contributed by atoms with Gasteiger partial charge >= 0.3 is 0 Å². The van der Waals surface area contributed by atoms with Crippen LogP contribution in [0.15, 0.2) is 23.2 Å². The Labute approximate surface area is 182 Å². The average Bonchev–Trinajstić information content (AvgIpc) is 3.39. The predicted molar refractivity (Wildman–Crippen MR) is 119 cm³/mol. The lowest BCUT2D eigenvalue weighted by molar-refractivity contribution is -0.121. The van der Waals surface area contributed by atoms with Crippen molar-refractivity contribution in [3.05, 3.63) is 35.1 Å². The lowest BCUT2D eigenvalue weighted by Gasteiger charge is -2.14. The van der Waals surface area contributed by atoms with Gasteiger partial charge in [-0.1, -0.05) is 6.07 Å². The maximum atomic E-state index is 13.5. The summed E-state index contributed by atoms with van der Waals surface area (Å²) in [7, 11) is -1.61. The smallest absolute Gasteiger partial charge is 0.220 e. The standard InChI is InChI=1S/C18H27FN4O3S.HI/c1-20-18(21-9-3-4-17(24)23-16-7-8-16)22-11-14-10-15(19)6-5-13(14)12-27(2,25)26;/h5-6,10,16H,3-4,7-9,11-12H2,1-2H3,(H,23,24)(H2,20,21,22);1H. The first-order valence-corrected chi connectivity index (χ1v) is 11.0. The van der Waals surface area contributed by atoms with E-state index >= 15 is 0 Å². The Morgan fingerprint density at radius 1 is 1.25 bits per heavy atom. The van der Waals surface area contributed by atoms with E-state index in [0.29, 0.717) is 42.5 Å². The number of hydrogen-bond donors (Lipinski definition) is 3. The Morgan fingerprint density at radius 2 is 1.96 bits per heavy atom. The number of amides is 1. The summed E-state index contributed by atoms with van der Waals surface area (Å²) in [6.07, 6.45) is 4.40. The molecule has 3 N–H and O–H groups in total. The van der Waals surface area contributed by atoms with Crippen LogP contribution in [0, 0.1) is 5.82 Å². The number of halogens is 2. The van der Waals surface area contributed by atoms with Gasteiger partial charge in [-0.25, -0.2) is 12.8 Å². The van der Waals surface area contributed by atoms with Crippen LogP contribution >= 0.6 is 24.0 Å². The molecular weight excluding hydrogens is 498 g/mol. The Morgan fingerprint density at radius 3 is 2.57 bits per heavy atom. The number of guanidine groups is 1. The highest BCUT2D eigenvalue weighted by atomic mass is 127. The molecule has 0 saturated heterocycles. The van der Waals surface area contributed by atoms with Gasteiger partial charge in [0.25, 0.3) is 0 Å². The molecule has 1 aromatic rings. The van der Waals surface area contributed by atoms with E-state index in [4.69, 9.17) is 0 Å². The van der Waals surface area contributed by atoms with Crippen LogP contribution in [-0.4, -0.2) is 46.2 Å². The first kappa shape index (κ1) is 24.6. The zero-order valence-corrected chi connectivity index (χ0v) is 19.3. The number of benzene rings is 1. The van der Waals surface area contributed by atoms with Crippen molar-refractivity contribution in [2.24, 2.45) is 4.99 Å². The van der Waals surface area contributed by atoms with Crippen molar-refractivity contribution < 1.29 is 17.6 Å². The molecule has 28 heavy (non-hydrogen) atoms. The second kappa shape index (κ2) is 11.5. The third-order valence-electron chi connectivity index (χ3n) is 4.07. The zero-order chi connectivity index (χ0) is 19.9. The minimum absolute atomic E-state index is 0.